The van der Waals surface area contributed by atoms with Crippen molar-refractivity contribution in [2.45, 2.75) is 95.7 Å². The molecule has 0 spiro atoms. The average Bonchev–Trinajstić information content (AvgIpc) is 2.52. The summed E-state index contributed by atoms with van der Waals surface area (Å²) in [6.07, 6.45) is 18.6. The van der Waals surface area contributed by atoms with Crippen LogP contribution in [0, 0.1) is 0 Å². The van der Waals surface area contributed by atoms with Crippen LogP contribution in [0.25, 0.3) is 0 Å². The van der Waals surface area contributed by atoms with Gasteiger partial charge < -0.3 is 19.4 Å². The number of hydrogen-bond donors (Lipinski definition) is 3. The Morgan fingerprint density at radius 3 is 1.70 bits per heavy atom. The summed E-state index contributed by atoms with van der Waals surface area (Å²) in [5.41, 5.74) is 0. The summed E-state index contributed by atoms with van der Waals surface area (Å²) in [6.45, 7) is 2.26. The first-order valence-electron chi connectivity index (χ1n) is 10.8. The fourth-order valence-electron chi connectivity index (χ4n) is 3.39. The van der Waals surface area contributed by atoms with Crippen molar-refractivity contribution < 1.29 is 23.9 Å². The van der Waals surface area contributed by atoms with Crippen LogP contribution in [0.1, 0.15) is 90.4 Å². The highest BCUT2D eigenvalue weighted by atomic mass is 31.2. The van der Waals surface area contributed by atoms with E-state index >= 15 is 0 Å². The maximum absolute atomic E-state index is 11.7. The first-order valence-corrected chi connectivity index (χ1v) is 12.4. The largest absolute Gasteiger partial charge is 0.373 e. The molecule has 0 aliphatic carbocycles. The van der Waals surface area contributed by atoms with Gasteiger partial charge in [-0.15, -0.1) is 0 Å². The van der Waals surface area contributed by atoms with Gasteiger partial charge in [-0.3, -0.25) is 4.57 Å². The number of likely N-dealkylation sites (N-methyl/N-ethyl adjacent to an activating group) is 1. The molecule has 0 saturated carbocycles. The Morgan fingerprint density at radius 1 is 0.815 bits per heavy atom. The molecule has 0 aliphatic heterocycles. The van der Waals surface area contributed by atoms with Gasteiger partial charge in [0.1, 0.15) is 6.54 Å². The van der Waals surface area contributed by atoms with E-state index in [0.717, 1.165) is 12.8 Å². The summed E-state index contributed by atoms with van der Waals surface area (Å²) < 4.78 is 12.1. The highest BCUT2D eigenvalue weighted by Gasteiger charge is 2.48. The van der Waals surface area contributed by atoms with Crippen LogP contribution in [0.5, 0.6) is 0 Å². The normalized spacial score (nSPS) is 15.4. The average molecular weight is 407 g/mol. The Labute approximate surface area is 167 Å². The van der Waals surface area contributed by atoms with Gasteiger partial charge in [-0.1, -0.05) is 70.4 Å². The van der Waals surface area contributed by atoms with Crippen molar-refractivity contribution in [3.05, 3.63) is 12.2 Å². The van der Waals surface area contributed by atoms with Crippen molar-refractivity contribution in [1.29, 1.82) is 0 Å². The minimum Gasteiger partial charge on any atom is -0.373 e. The van der Waals surface area contributed by atoms with Gasteiger partial charge in [-0.2, -0.15) is 0 Å². The molecule has 1 unspecified atom stereocenters. The van der Waals surface area contributed by atoms with Crippen LogP contribution < -0.4 is 0 Å². The lowest BCUT2D eigenvalue weighted by molar-refractivity contribution is -0.875. The molecule has 1 atom stereocenters. The number of rotatable bonds is 17. The van der Waals surface area contributed by atoms with Gasteiger partial charge in [-0.25, -0.2) is 0 Å². The standard InChI is InChI=1S/C21H44NO4P/c1-5-6-7-8-9-10-11-12-13-14-15-16-17-18-19-21(23,27(24,25)26)20-22(2,3)4/h7-8,23H,5-6,9-20H2,1-4H3,(H-,24,25,26)/p+1/b8-7-. The second-order valence-electron chi connectivity index (χ2n) is 8.96. The maximum atomic E-state index is 11.7. The molecule has 0 radical (unpaired) electrons. The van der Waals surface area contributed by atoms with Crippen LogP contribution in [0.4, 0.5) is 0 Å². The van der Waals surface area contributed by atoms with E-state index in [9.17, 15) is 19.5 Å². The van der Waals surface area contributed by atoms with Gasteiger partial charge >= 0.3 is 7.60 Å². The van der Waals surface area contributed by atoms with Crippen LogP contribution in [0.15, 0.2) is 12.2 Å². The third-order valence-electron chi connectivity index (χ3n) is 4.84. The molecular weight excluding hydrogens is 361 g/mol. The molecule has 0 aromatic carbocycles. The molecule has 3 N–H and O–H groups in total. The predicted octanol–water partition coefficient (Wildman–Crippen LogP) is 5.21. The lowest BCUT2D eigenvalue weighted by Crippen LogP contribution is -2.49. The van der Waals surface area contributed by atoms with Crippen molar-refractivity contribution in [2.75, 3.05) is 27.7 Å². The van der Waals surface area contributed by atoms with Gasteiger partial charge in [-0.05, 0) is 32.1 Å². The molecule has 0 rings (SSSR count). The van der Waals surface area contributed by atoms with Crippen molar-refractivity contribution in [1.82, 2.24) is 0 Å². The summed E-state index contributed by atoms with van der Waals surface area (Å²) in [7, 11) is 0.971. The van der Waals surface area contributed by atoms with E-state index < -0.39 is 12.9 Å². The van der Waals surface area contributed by atoms with Gasteiger partial charge in [0.15, 0.2) is 0 Å². The molecule has 0 saturated heterocycles. The van der Waals surface area contributed by atoms with Gasteiger partial charge in [0.2, 0.25) is 5.34 Å². The Bertz CT molecular complexity index is 442. The molecule has 0 fully saturated rings. The number of aliphatic hydroxyl groups is 1. The minimum atomic E-state index is -4.54. The summed E-state index contributed by atoms with van der Waals surface area (Å²) in [4.78, 5) is 19.1. The third-order valence-corrected chi connectivity index (χ3v) is 6.29. The molecule has 5 nitrogen and oxygen atoms in total. The number of allylic oxidation sites excluding steroid dienone is 2. The number of hydrogen-bond acceptors (Lipinski definition) is 2. The number of unbranched alkanes of at least 4 members (excludes halogenated alkanes) is 10. The van der Waals surface area contributed by atoms with Crippen LogP contribution in [0.2, 0.25) is 0 Å². The summed E-state index contributed by atoms with van der Waals surface area (Å²) in [5.74, 6) is 0. The first kappa shape index (κ1) is 26.8. The quantitative estimate of drug-likeness (QED) is 0.134. The lowest BCUT2D eigenvalue weighted by Gasteiger charge is -2.35. The van der Waals surface area contributed by atoms with Crippen LogP contribution in [0.3, 0.4) is 0 Å². The van der Waals surface area contributed by atoms with E-state index in [2.05, 4.69) is 19.1 Å². The molecule has 0 aromatic rings. The molecule has 0 heterocycles. The fourth-order valence-corrected chi connectivity index (χ4v) is 4.44. The summed E-state index contributed by atoms with van der Waals surface area (Å²) >= 11 is 0. The molecular formula is C21H45NO4P+. The monoisotopic (exact) mass is 406 g/mol. The molecule has 162 valence electrons. The highest BCUT2D eigenvalue weighted by molar-refractivity contribution is 7.53. The second-order valence-corrected chi connectivity index (χ2v) is 10.9. The van der Waals surface area contributed by atoms with Crippen molar-refractivity contribution in [2.24, 2.45) is 0 Å². The lowest BCUT2D eigenvalue weighted by atomic mass is 10.0. The van der Waals surface area contributed by atoms with Crippen LogP contribution in [-0.4, -0.2) is 52.4 Å². The van der Waals surface area contributed by atoms with Gasteiger partial charge in [0.05, 0.1) is 21.1 Å². The second kappa shape index (κ2) is 13.9. The molecule has 27 heavy (non-hydrogen) atoms. The summed E-state index contributed by atoms with van der Waals surface area (Å²) in [5, 5.41) is 8.59. The third kappa shape index (κ3) is 14.5. The maximum Gasteiger partial charge on any atom is 0.362 e. The van der Waals surface area contributed by atoms with E-state index in [4.69, 9.17) is 0 Å². The van der Waals surface area contributed by atoms with E-state index in [1.54, 1.807) is 0 Å². The van der Waals surface area contributed by atoms with E-state index in [-0.39, 0.29) is 13.0 Å². The Morgan fingerprint density at radius 2 is 1.26 bits per heavy atom. The summed E-state index contributed by atoms with van der Waals surface area (Å²) in [6, 6.07) is 0. The molecule has 0 bridgehead atoms. The van der Waals surface area contributed by atoms with Crippen molar-refractivity contribution in [3.8, 4) is 0 Å². The van der Waals surface area contributed by atoms with Crippen molar-refractivity contribution >= 4 is 7.60 Å². The first-order chi connectivity index (χ1) is 12.5. The smallest absolute Gasteiger partial charge is 0.362 e. The Balaban J connectivity index is 3.76. The van der Waals surface area contributed by atoms with Gasteiger partial charge in [0, 0.05) is 0 Å². The van der Waals surface area contributed by atoms with Gasteiger partial charge in [0.25, 0.3) is 0 Å². The molecule has 0 aromatic heterocycles. The van der Waals surface area contributed by atoms with Crippen LogP contribution >= 0.6 is 7.60 Å². The fraction of sp³-hybridized carbons (Fsp3) is 0.905. The molecule has 0 aliphatic rings. The minimum absolute atomic E-state index is 0.0604. The van der Waals surface area contributed by atoms with Crippen molar-refractivity contribution in [3.63, 3.8) is 0 Å². The Kier molecular flexibility index (Phi) is 13.8. The number of nitrogens with zero attached hydrogens (tertiary/aromatic N) is 1. The molecule has 0 amide bonds. The van der Waals surface area contributed by atoms with E-state index in [1.165, 1.54) is 57.8 Å². The van der Waals surface area contributed by atoms with Crippen LogP contribution in [-0.2, 0) is 4.57 Å². The van der Waals surface area contributed by atoms with E-state index in [0.29, 0.717) is 10.9 Å². The topological polar surface area (TPSA) is 77.8 Å². The zero-order chi connectivity index (χ0) is 20.8. The molecule has 6 heteroatoms. The zero-order valence-corrected chi connectivity index (χ0v) is 19.1. The SMILES string of the molecule is CCC/C=C\CCCCCCCCCCCC(O)(C[N+](C)(C)C)P(=O)(O)O. The Hall–Kier alpha value is -0.190. The number of quaternary nitrogens is 1. The highest BCUT2D eigenvalue weighted by Crippen LogP contribution is 2.52. The van der Waals surface area contributed by atoms with E-state index in [1.807, 2.05) is 21.1 Å². The predicted molar refractivity (Wildman–Crippen MR) is 115 cm³/mol. The zero-order valence-electron chi connectivity index (χ0n) is 18.2.